The van der Waals surface area contributed by atoms with Gasteiger partial charge in [0.05, 0.1) is 6.20 Å². The Morgan fingerprint density at radius 1 is 1.47 bits per heavy atom. The Kier molecular flexibility index (Phi) is 4.28. The third-order valence-corrected chi connectivity index (χ3v) is 3.58. The Hall–Kier alpha value is -1.31. The minimum Gasteiger partial charge on any atom is -0.361 e. The summed E-state index contributed by atoms with van der Waals surface area (Å²) in [5.41, 5.74) is 0. The van der Waals surface area contributed by atoms with Crippen molar-refractivity contribution in [1.29, 1.82) is 0 Å². The first-order valence-corrected chi connectivity index (χ1v) is 6.83. The molecule has 0 atom stereocenters. The van der Waals surface area contributed by atoms with Crippen LogP contribution in [-0.2, 0) is 11.0 Å². The first-order valence-electron chi connectivity index (χ1n) is 6.01. The molecule has 0 aromatic carbocycles. The zero-order chi connectivity index (χ0) is 13.9. The maximum Gasteiger partial charge on any atom is 0.427 e. The van der Waals surface area contributed by atoms with Crippen molar-refractivity contribution in [2.45, 2.75) is 37.9 Å². The Morgan fingerprint density at radius 3 is 2.79 bits per heavy atom. The van der Waals surface area contributed by atoms with Gasteiger partial charge in [-0.25, -0.2) is 4.98 Å². The van der Waals surface area contributed by atoms with Crippen LogP contribution in [0, 0.1) is 0 Å². The standard InChI is InChI=1S/C11H14F3N3OS/c12-11(13,14)8-6-16-10(19-8)15-5-1-2-9(18)17-7-3-4-7/h6-7H,1-5H2,(H,15,16)(H,17,18). The average molecular weight is 293 g/mol. The minimum absolute atomic E-state index is 0.000538. The summed E-state index contributed by atoms with van der Waals surface area (Å²) in [6.07, 6.45) is -0.498. The predicted molar refractivity (Wildman–Crippen MR) is 66.0 cm³/mol. The molecule has 0 radical (unpaired) electrons. The number of nitrogens with zero attached hydrogens (tertiary/aromatic N) is 1. The molecule has 1 fully saturated rings. The zero-order valence-electron chi connectivity index (χ0n) is 10.1. The smallest absolute Gasteiger partial charge is 0.361 e. The van der Waals surface area contributed by atoms with E-state index >= 15 is 0 Å². The van der Waals surface area contributed by atoms with Gasteiger partial charge in [0.1, 0.15) is 4.88 Å². The molecule has 1 aliphatic rings. The number of anilines is 1. The first-order chi connectivity index (χ1) is 8.95. The molecule has 19 heavy (non-hydrogen) atoms. The third kappa shape index (κ3) is 4.70. The topological polar surface area (TPSA) is 54.0 Å². The summed E-state index contributed by atoms with van der Waals surface area (Å²) < 4.78 is 36.9. The zero-order valence-corrected chi connectivity index (χ0v) is 10.9. The van der Waals surface area contributed by atoms with Gasteiger partial charge in [-0.1, -0.05) is 11.3 Å². The number of carbonyl (C=O) groups is 1. The normalized spacial score (nSPS) is 15.3. The van der Waals surface area contributed by atoms with Crippen LogP contribution >= 0.6 is 11.3 Å². The van der Waals surface area contributed by atoms with Gasteiger partial charge >= 0.3 is 6.18 Å². The van der Waals surface area contributed by atoms with Crippen LogP contribution in [0.4, 0.5) is 18.3 Å². The number of amides is 1. The largest absolute Gasteiger partial charge is 0.427 e. The van der Waals surface area contributed by atoms with E-state index in [0.29, 0.717) is 36.8 Å². The molecule has 0 unspecified atom stereocenters. The number of halogens is 3. The summed E-state index contributed by atoms with van der Waals surface area (Å²) in [6, 6.07) is 0.341. The summed E-state index contributed by atoms with van der Waals surface area (Å²) in [6.45, 7) is 0.433. The van der Waals surface area contributed by atoms with Crippen LogP contribution in [0.5, 0.6) is 0 Å². The summed E-state index contributed by atoms with van der Waals surface area (Å²) in [5.74, 6) is -0.000538. The molecular formula is C11H14F3N3OS. The van der Waals surface area contributed by atoms with E-state index in [1.807, 2.05) is 0 Å². The Bertz CT molecular complexity index is 443. The molecule has 0 saturated heterocycles. The number of carbonyl (C=O) groups excluding carboxylic acids is 1. The second-order valence-electron chi connectivity index (χ2n) is 4.40. The summed E-state index contributed by atoms with van der Waals surface area (Å²) >= 11 is 0.572. The van der Waals surface area contributed by atoms with Crippen molar-refractivity contribution in [3.05, 3.63) is 11.1 Å². The highest BCUT2D eigenvalue weighted by molar-refractivity contribution is 7.15. The lowest BCUT2D eigenvalue weighted by Crippen LogP contribution is -2.25. The summed E-state index contributed by atoms with van der Waals surface area (Å²) in [4.78, 5) is 14.3. The highest BCUT2D eigenvalue weighted by Gasteiger charge is 2.33. The van der Waals surface area contributed by atoms with Crippen LogP contribution < -0.4 is 10.6 Å². The fourth-order valence-electron chi connectivity index (χ4n) is 1.46. The maximum atomic E-state index is 12.3. The van der Waals surface area contributed by atoms with Gasteiger partial charge in [0, 0.05) is 19.0 Å². The summed E-state index contributed by atoms with van der Waals surface area (Å²) in [7, 11) is 0. The van der Waals surface area contributed by atoms with E-state index in [2.05, 4.69) is 15.6 Å². The van der Waals surface area contributed by atoms with Crippen LogP contribution in [0.3, 0.4) is 0 Å². The van der Waals surface area contributed by atoms with Crippen molar-refractivity contribution in [2.24, 2.45) is 0 Å². The third-order valence-electron chi connectivity index (χ3n) is 2.58. The number of hydrogen-bond donors (Lipinski definition) is 2. The van der Waals surface area contributed by atoms with E-state index < -0.39 is 11.1 Å². The molecule has 1 aromatic rings. The van der Waals surface area contributed by atoms with Gasteiger partial charge in [-0.2, -0.15) is 13.2 Å². The lowest BCUT2D eigenvalue weighted by atomic mass is 10.3. The van der Waals surface area contributed by atoms with Gasteiger partial charge < -0.3 is 10.6 Å². The molecule has 2 N–H and O–H groups in total. The van der Waals surface area contributed by atoms with Gasteiger partial charge in [0.25, 0.3) is 0 Å². The van der Waals surface area contributed by atoms with Crippen molar-refractivity contribution in [3.63, 3.8) is 0 Å². The van der Waals surface area contributed by atoms with Gasteiger partial charge in [0.15, 0.2) is 5.13 Å². The number of nitrogens with one attached hydrogen (secondary N) is 2. The summed E-state index contributed by atoms with van der Waals surface area (Å²) in [5, 5.41) is 5.87. The van der Waals surface area contributed by atoms with Crippen molar-refractivity contribution < 1.29 is 18.0 Å². The van der Waals surface area contributed by atoms with E-state index in [0.717, 1.165) is 19.0 Å². The number of hydrogen-bond acceptors (Lipinski definition) is 4. The number of rotatable bonds is 6. The van der Waals surface area contributed by atoms with Crippen molar-refractivity contribution in [3.8, 4) is 0 Å². The lowest BCUT2D eigenvalue weighted by Gasteiger charge is -2.04. The Labute approximate surface area is 112 Å². The highest BCUT2D eigenvalue weighted by atomic mass is 32.1. The Morgan fingerprint density at radius 2 is 2.21 bits per heavy atom. The number of aromatic nitrogens is 1. The van der Waals surface area contributed by atoms with Crippen LogP contribution in [0.15, 0.2) is 6.20 Å². The van der Waals surface area contributed by atoms with Crippen LogP contribution in [0.25, 0.3) is 0 Å². The second kappa shape index (κ2) is 5.77. The molecule has 4 nitrogen and oxygen atoms in total. The van der Waals surface area contributed by atoms with Crippen LogP contribution in [-0.4, -0.2) is 23.5 Å². The molecule has 1 aliphatic carbocycles. The minimum atomic E-state index is -4.35. The lowest BCUT2D eigenvalue weighted by molar-refractivity contribution is -0.134. The molecule has 2 rings (SSSR count). The van der Waals surface area contributed by atoms with Crippen molar-refractivity contribution in [2.75, 3.05) is 11.9 Å². The molecule has 1 heterocycles. The van der Waals surface area contributed by atoms with Crippen LogP contribution in [0.2, 0.25) is 0 Å². The van der Waals surface area contributed by atoms with E-state index in [4.69, 9.17) is 0 Å². The molecule has 0 bridgehead atoms. The van der Waals surface area contributed by atoms with E-state index in [1.54, 1.807) is 0 Å². The molecule has 1 saturated carbocycles. The number of thiazole rings is 1. The van der Waals surface area contributed by atoms with Gasteiger partial charge in [-0.15, -0.1) is 0 Å². The maximum absolute atomic E-state index is 12.3. The van der Waals surface area contributed by atoms with E-state index in [1.165, 1.54) is 0 Å². The molecule has 1 aromatic heterocycles. The molecule has 106 valence electrons. The fourth-order valence-corrected chi connectivity index (χ4v) is 2.17. The molecular weight excluding hydrogens is 279 g/mol. The second-order valence-corrected chi connectivity index (χ2v) is 5.43. The SMILES string of the molecule is O=C(CCCNc1ncc(C(F)(F)F)s1)NC1CC1. The number of alkyl halides is 3. The van der Waals surface area contributed by atoms with Crippen LogP contribution in [0.1, 0.15) is 30.6 Å². The van der Waals surface area contributed by atoms with E-state index in [9.17, 15) is 18.0 Å². The highest BCUT2D eigenvalue weighted by Crippen LogP contribution is 2.34. The molecule has 0 spiro atoms. The first kappa shape index (κ1) is 14.1. The van der Waals surface area contributed by atoms with E-state index in [-0.39, 0.29) is 11.0 Å². The quantitative estimate of drug-likeness (QED) is 0.793. The van der Waals surface area contributed by atoms with Crippen molar-refractivity contribution in [1.82, 2.24) is 10.3 Å². The van der Waals surface area contributed by atoms with Crippen molar-refractivity contribution >= 4 is 22.4 Å². The Balaban J connectivity index is 1.65. The van der Waals surface area contributed by atoms with Gasteiger partial charge in [0.2, 0.25) is 5.91 Å². The molecule has 1 amide bonds. The fraction of sp³-hybridized carbons (Fsp3) is 0.636. The average Bonchev–Trinajstić information content (AvgIpc) is 2.98. The van der Waals surface area contributed by atoms with Gasteiger partial charge in [-0.3, -0.25) is 4.79 Å². The molecule has 8 heteroatoms. The monoisotopic (exact) mass is 293 g/mol. The van der Waals surface area contributed by atoms with Gasteiger partial charge in [-0.05, 0) is 19.3 Å². The predicted octanol–water partition coefficient (Wildman–Crippen LogP) is 2.63. The molecule has 0 aliphatic heterocycles.